The SMILES string of the molecule is O=C(COCCO)c1cc2scnc2c(F)c1Cc1ccc(OC(F)(F)F)cc1F. The van der Waals surface area contributed by atoms with E-state index in [1.165, 1.54) is 11.6 Å². The Bertz CT molecular complexity index is 1070. The quantitative estimate of drug-likeness (QED) is 0.318. The number of alkyl halides is 3. The summed E-state index contributed by atoms with van der Waals surface area (Å²) >= 11 is 1.11. The lowest BCUT2D eigenvalue weighted by Crippen LogP contribution is -2.17. The van der Waals surface area contributed by atoms with Gasteiger partial charge in [-0.05, 0) is 17.7 Å². The first-order valence-electron chi connectivity index (χ1n) is 8.50. The van der Waals surface area contributed by atoms with Gasteiger partial charge in [0.2, 0.25) is 0 Å². The number of aliphatic hydroxyl groups is 1. The number of Topliss-reactive ketones (excluding diaryl/α,β-unsaturated/α-hetero) is 1. The van der Waals surface area contributed by atoms with E-state index >= 15 is 4.39 Å². The first-order chi connectivity index (χ1) is 14.2. The van der Waals surface area contributed by atoms with E-state index in [0.717, 1.165) is 23.5 Å². The Morgan fingerprint density at radius 2 is 1.97 bits per heavy atom. The number of hydrogen-bond donors (Lipinski definition) is 1. The predicted molar refractivity (Wildman–Crippen MR) is 97.7 cm³/mol. The number of aromatic nitrogens is 1. The number of nitrogens with zero attached hydrogens (tertiary/aromatic N) is 1. The van der Waals surface area contributed by atoms with Gasteiger partial charge in [-0.3, -0.25) is 4.79 Å². The Balaban J connectivity index is 1.97. The lowest BCUT2D eigenvalue weighted by atomic mass is 9.96. The van der Waals surface area contributed by atoms with E-state index in [-0.39, 0.29) is 35.4 Å². The average molecular weight is 447 g/mol. The van der Waals surface area contributed by atoms with Gasteiger partial charge in [0.05, 0.1) is 23.4 Å². The lowest BCUT2D eigenvalue weighted by molar-refractivity contribution is -0.274. The maximum Gasteiger partial charge on any atom is 0.573 e. The van der Waals surface area contributed by atoms with Crippen LogP contribution in [0.5, 0.6) is 5.75 Å². The Morgan fingerprint density at radius 3 is 2.63 bits per heavy atom. The van der Waals surface area contributed by atoms with Crippen molar-refractivity contribution in [2.75, 3.05) is 19.8 Å². The van der Waals surface area contributed by atoms with Gasteiger partial charge in [-0.25, -0.2) is 13.8 Å². The second-order valence-electron chi connectivity index (χ2n) is 6.09. The van der Waals surface area contributed by atoms with Crippen LogP contribution in [0.1, 0.15) is 21.5 Å². The molecule has 0 fully saturated rings. The molecule has 0 bridgehead atoms. The van der Waals surface area contributed by atoms with Crippen molar-refractivity contribution in [1.82, 2.24) is 4.98 Å². The van der Waals surface area contributed by atoms with Gasteiger partial charge in [-0.15, -0.1) is 24.5 Å². The maximum absolute atomic E-state index is 15.0. The minimum absolute atomic E-state index is 0.000240. The number of hydrogen-bond acceptors (Lipinski definition) is 6. The topological polar surface area (TPSA) is 68.7 Å². The summed E-state index contributed by atoms with van der Waals surface area (Å²) in [5.41, 5.74) is 1.04. The summed E-state index contributed by atoms with van der Waals surface area (Å²) in [5.74, 6) is -3.23. The second kappa shape index (κ2) is 9.02. The van der Waals surface area contributed by atoms with Crippen molar-refractivity contribution in [3.05, 3.63) is 58.1 Å². The standard InChI is InChI=1S/C19H14F5NO4S/c20-14-6-11(29-19(22,23)24)2-1-10(14)5-13-12(15(27)8-28-4-3-26)7-16-18(17(13)21)25-9-30-16/h1-2,6-7,9,26H,3-5,8H2. The molecule has 0 spiro atoms. The van der Waals surface area contributed by atoms with Crippen LogP contribution < -0.4 is 4.74 Å². The van der Waals surface area contributed by atoms with Crippen LogP contribution in [-0.4, -0.2) is 42.1 Å². The third-order valence-corrected chi connectivity index (χ3v) is 4.84. The fourth-order valence-electron chi connectivity index (χ4n) is 2.79. The molecule has 5 nitrogen and oxygen atoms in total. The number of carbonyl (C=O) groups excluding carboxylic acids is 1. The number of aliphatic hydroxyl groups excluding tert-OH is 1. The van der Waals surface area contributed by atoms with Crippen molar-refractivity contribution in [3.63, 3.8) is 0 Å². The van der Waals surface area contributed by atoms with Gasteiger partial charge in [0, 0.05) is 23.6 Å². The fraction of sp³-hybridized carbons (Fsp3) is 0.263. The monoisotopic (exact) mass is 447 g/mol. The average Bonchev–Trinajstić information content (AvgIpc) is 3.13. The summed E-state index contributed by atoms with van der Waals surface area (Å²) < 4.78 is 75.3. The molecule has 160 valence electrons. The van der Waals surface area contributed by atoms with E-state index < -0.39 is 42.6 Å². The molecule has 1 heterocycles. The van der Waals surface area contributed by atoms with Crippen molar-refractivity contribution in [2.24, 2.45) is 0 Å². The summed E-state index contributed by atoms with van der Waals surface area (Å²) in [6.07, 6.45) is -5.39. The van der Waals surface area contributed by atoms with E-state index in [2.05, 4.69) is 9.72 Å². The zero-order chi connectivity index (χ0) is 21.9. The zero-order valence-corrected chi connectivity index (χ0v) is 15.9. The van der Waals surface area contributed by atoms with Crippen LogP contribution in [0, 0.1) is 11.6 Å². The molecule has 0 aliphatic carbocycles. The van der Waals surface area contributed by atoms with Crippen LogP contribution in [0.2, 0.25) is 0 Å². The van der Waals surface area contributed by atoms with Crippen LogP contribution in [0.4, 0.5) is 22.0 Å². The number of fused-ring (bicyclic) bond motifs is 1. The van der Waals surface area contributed by atoms with Crippen molar-refractivity contribution >= 4 is 27.3 Å². The largest absolute Gasteiger partial charge is 0.573 e. The first-order valence-corrected chi connectivity index (χ1v) is 9.38. The van der Waals surface area contributed by atoms with Gasteiger partial charge in [0.1, 0.15) is 23.7 Å². The molecule has 1 N–H and O–H groups in total. The zero-order valence-electron chi connectivity index (χ0n) is 15.1. The highest BCUT2D eigenvalue weighted by Gasteiger charge is 2.31. The van der Waals surface area contributed by atoms with Crippen LogP contribution in [0.25, 0.3) is 10.2 Å². The van der Waals surface area contributed by atoms with Crippen LogP contribution >= 0.6 is 11.3 Å². The molecule has 3 rings (SSSR count). The van der Waals surface area contributed by atoms with Gasteiger partial charge >= 0.3 is 6.36 Å². The molecule has 0 aliphatic rings. The van der Waals surface area contributed by atoms with Gasteiger partial charge in [-0.1, -0.05) is 6.07 Å². The number of carbonyl (C=O) groups is 1. The molecular formula is C19H14F5NO4S. The summed E-state index contributed by atoms with van der Waals surface area (Å²) in [7, 11) is 0. The van der Waals surface area contributed by atoms with Crippen molar-refractivity contribution in [1.29, 1.82) is 0 Å². The molecule has 30 heavy (non-hydrogen) atoms. The van der Waals surface area contributed by atoms with Gasteiger partial charge in [-0.2, -0.15) is 0 Å². The number of halogens is 5. The minimum atomic E-state index is -4.98. The Morgan fingerprint density at radius 1 is 1.20 bits per heavy atom. The van der Waals surface area contributed by atoms with Gasteiger partial charge in [0.15, 0.2) is 11.6 Å². The summed E-state index contributed by atoms with van der Waals surface area (Å²) in [5, 5.41) is 8.76. The van der Waals surface area contributed by atoms with E-state index in [1.807, 2.05) is 0 Å². The molecule has 11 heteroatoms. The smallest absolute Gasteiger partial charge is 0.406 e. The van der Waals surface area contributed by atoms with E-state index in [9.17, 15) is 22.4 Å². The number of ketones is 1. The molecule has 0 amide bonds. The van der Waals surface area contributed by atoms with E-state index in [0.29, 0.717) is 10.8 Å². The second-order valence-corrected chi connectivity index (χ2v) is 6.98. The highest BCUT2D eigenvalue weighted by molar-refractivity contribution is 7.16. The molecule has 0 atom stereocenters. The number of ether oxygens (including phenoxy) is 2. The molecule has 3 aromatic rings. The summed E-state index contributed by atoms with van der Waals surface area (Å²) in [4.78, 5) is 16.4. The molecule has 0 radical (unpaired) electrons. The molecule has 0 saturated heterocycles. The lowest BCUT2D eigenvalue weighted by Gasteiger charge is -2.13. The van der Waals surface area contributed by atoms with Crippen LogP contribution in [-0.2, 0) is 11.2 Å². The first kappa shape index (κ1) is 22.1. The normalized spacial score (nSPS) is 11.8. The highest BCUT2D eigenvalue weighted by atomic mass is 32.1. The number of rotatable bonds is 8. The van der Waals surface area contributed by atoms with E-state index in [4.69, 9.17) is 9.84 Å². The third kappa shape index (κ3) is 5.10. The molecule has 1 aromatic heterocycles. The van der Waals surface area contributed by atoms with Gasteiger partial charge in [0.25, 0.3) is 0 Å². The predicted octanol–water partition coefficient (Wildman–Crippen LogP) is 4.26. The van der Waals surface area contributed by atoms with Crippen LogP contribution in [0.15, 0.2) is 29.8 Å². The van der Waals surface area contributed by atoms with Crippen molar-refractivity contribution in [2.45, 2.75) is 12.8 Å². The maximum atomic E-state index is 15.0. The fourth-order valence-corrected chi connectivity index (χ4v) is 3.50. The van der Waals surface area contributed by atoms with Crippen LogP contribution in [0.3, 0.4) is 0 Å². The Hall–Kier alpha value is -2.63. The third-order valence-electron chi connectivity index (χ3n) is 4.06. The van der Waals surface area contributed by atoms with Crippen molar-refractivity contribution < 1.29 is 41.3 Å². The number of benzene rings is 2. The molecule has 0 aliphatic heterocycles. The Kier molecular flexibility index (Phi) is 6.64. The number of thiazole rings is 1. The molecule has 2 aromatic carbocycles. The highest BCUT2D eigenvalue weighted by Crippen LogP contribution is 2.31. The molecule has 0 saturated carbocycles. The minimum Gasteiger partial charge on any atom is -0.406 e. The summed E-state index contributed by atoms with van der Waals surface area (Å²) in [6, 6.07) is 3.87. The van der Waals surface area contributed by atoms with E-state index in [1.54, 1.807) is 0 Å². The Labute approximate surface area is 170 Å². The molecular weight excluding hydrogens is 433 g/mol. The van der Waals surface area contributed by atoms with Gasteiger partial charge < -0.3 is 14.6 Å². The van der Waals surface area contributed by atoms with Crippen molar-refractivity contribution in [3.8, 4) is 5.75 Å². The molecule has 0 unspecified atom stereocenters. The summed E-state index contributed by atoms with van der Waals surface area (Å²) in [6.45, 7) is -0.834.